The van der Waals surface area contributed by atoms with E-state index in [0.29, 0.717) is 0 Å². The van der Waals surface area contributed by atoms with Gasteiger partial charge in [0.15, 0.2) is 5.78 Å². The van der Waals surface area contributed by atoms with Gasteiger partial charge in [0.05, 0.1) is 10.6 Å². The van der Waals surface area contributed by atoms with Gasteiger partial charge in [-0.25, -0.2) is 0 Å². The largest absolute Gasteiger partial charge is 0.416 e. The van der Waals surface area contributed by atoms with Crippen molar-refractivity contribution in [2.75, 3.05) is 13.7 Å². The summed E-state index contributed by atoms with van der Waals surface area (Å²) in [7, 11) is 1.32. The third-order valence-corrected chi connectivity index (χ3v) is 2.18. The molecule has 1 aromatic carbocycles. The molecule has 0 heterocycles. The zero-order valence-corrected chi connectivity index (χ0v) is 9.02. The highest BCUT2D eigenvalue weighted by molar-refractivity contribution is 6.34. The Balaban J connectivity index is 3.05. The molecule has 16 heavy (non-hydrogen) atoms. The fourth-order valence-corrected chi connectivity index (χ4v) is 1.41. The van der Waals surface area contributed by atoms with Gasteiger partial charge in [0, 0.05) is 12.7 Å². The second-order valence-corrected chi connectivity index (χ2v) is 3.46. The minimum atomic E-state index is -4.47. The van der Waals surface area contributed by atoms with Crippen LogP contribution in [-0.4, -0.2) is 19.5 Å². The molecule has 1 aromatic rings. The molecule has 0 amide bonds. The standard InChI is InChI=1S/C10H8ClF3O2/c1-16-5-9(15)7-3-2-6(4-8(7)11)10(12,13)14/h2-4H,5H2,1H3. The summed E-state index contributed by atoms with van der Waals surface area (Å²) in [6.45, 7) is -0.217. The Morgan fingerprint density at radius 1 is 1.44 bits per heavy atom. The normalized spacial score (nSPS) is 11.6. The third-order valence-electron chi connectivity index (χ3n) is 1.87. The first-order valence-corrected chi connectivity index (χ1v) is 4.63. The van der Waals surface area contributed by atoms with Crippen LogP contribution in [0.3, 0.4) is 0 Å². The summed E-state index contributed by atoms with van der Waals surface area (Å²) < 4.78 is 41.4. The summed E-state index contributed by atoms with van der Waals surface area (Å²) in [4.78, 5) is 11.3. The van der Waals surface area contributed by atoms with Crippen molar-refractivity contribution in [3.8, 4) is 0 Å². The Morgan fingerprint density at radius 2 is 2.06 bits per heavy atom. The Labute approximate surface area is 95.0 Å². The molecule has 0 aromatic heterocycles. The molecule has 2 nitrogen and oxygen atoms in total. The molecule has 0 fully saturated rings. The molecule has 0 bridgehead atoms. The van der Waals surface area contributed by atoms with Crippen molar-refractivity contribution in [2.45, 2.75) is 6.18 Å². The van der Waals surface area contributed by atoms with E-state index in [0.717, 1.165) is 18.2 Å². The van der Waals surface area contributed by atoms with Crippen LogP contribution in [-0.2, 0) is 10.9 Å². The third kappa shape index (κ3) is 2.96. The number of ketones is 1. The summed E-state index contributed by atoms with van der Waals surface area (Å²) in [6.07, 6.45) is -4.47. The number of hydrogen-bond donors (Lipinski definition) is 0. The van der Waals surface area contributed by atoms with Crippen LogP contribution < -0.4 is 0 Å². The Hall–Kier alpha value is -1.07. The number of benzene rings is 1. The van der Waals surface area contributed by atoms with E-state index in [1.54, 1.807) is 0 Å². The lowest BCUT2D eigenvalue weighted by Gasteiger charge is -2.09. The lowest BCUT2D eigenvalue weighted by atomic mass is 10.1. The molecule has 0 aliphatic carbocycles. The second kappa shape index (κ2) is 4.84. The summed E-state index contributed by atoms with van der Waals surface area (Å²) in [5.41, 5.74) is -0.858. The molecule has 0 saturated heterocycles. The van der Waals surface area contributed by atoms with Crippen molar-refractivity contribution in [3.05, 3.63) is 34.3 Å². The maximum absolute atomic E-state index is 12.3. The van der Waals surface area contributed by atoms with Crippen LogP contribution in [0.4, 0.5) is 13.2 Å². The zero-order valence-electron chi connectivity index (χ0n) is 8.27. The zero-order chi connectivity index (χ0) is 12.3. The molecule has 0 saturated carbocycles. The summed E-state index contributed by atoms with van der Waals surface area (Å²) in [6, 6.07) is 2.59. The SMILES string of the molecule is COCC(=O)c1ccc(C(F)(F)F)cc1Cl. The average molecular weight is 253 g/mol. The minimum Gasteiger partial charge on any atom is -0.377 e. The van der Waals surface area contributed by atoms with Crippen LogP contribution in [0.15, 0.2) is 18.2 Å². The molecule has 0 aliphatic rings. The molecule has 1 rings (SSSR count). The van der Waals surface area contributed by atoms with Crippen LogP contribution in [0.25, 0.3) is 0 Å². The second-order valence-electron chi connectivity index (χ2n) is 3.05. The van der Waals surface area contributed by atoms with Gasteiger partial charge in [-0.05, 0) is 18.2 Å². The predicted molar refractivity (Wildman–Crippen MR) is 52.7 cm³/mol. The predicted octanol–water partition coefficient (Wildman–Crippen LogP) is 3.19. The smallest absolute Gasteiger partial charge is 0.377 e. The van der Waals surface area contributed by atoms with E-state index < -0.39 is 17.5 Å². The number of carbonyl (C=O) groups is 1. The summed E-state index contributed by atoms with van der Waals surface area (Å²) >= 11 is 5.59. The van der Waals surface area contributed by atoms with Crippen molar-refractivity contribution in [1.29, 1.82) is 0 Å². The summed E-state index contributed by atoms with van der Waals surface area (Å²) in [5, 5.41) is -0.225. The highest BCUT2D eigenvalue weighted by atomic mass is 35.5. The number of rotatable bonds is 3. The number of carbonyl (C=O) groups excluding carboxylic acids is 1. The van der Waals surface area contributed by atoms with E-state index in [1.807, 2.05) is 0 Å². The van der Waals surface area contributed by atoms with Gasteiger partial charge in [0.1, 0.15) is 6.61 Å². The molecule has 6 heteroatoms. The number of hydrogen-bond acceptors (Lipinski definition) is 2. The number of ether oxygens (including phenoxy) is 1. The van der Waals surface area contributed by atoms with Gasteiger partial charge in [0.25, 0.3) is 0 Å². The molecule has 0 radical (unpaired) electrons. The van der Waals surface area contributed by atoms with Crippen LogP contribution >= 0.6 is 11.6 Å². The first kappa shape index (κ1) is 13.0. The van der Waals surface area contributed by atoms with Gasteiger partial charge in [-0.15, -0.1) is 0 Å². The lowest BCUT2D eigenvalue weighted by Crippen LogP contribution is -2.10. The first-order valence-electron chi connectivity index (χ1n) is 4.25. The van der Waals surface area contributed by atoms with E-state index in [1.165, 1.54) is 7.11 Å². The van der Waals surface area contributed by atoms with Crippen LogP contribution in [0, 0.1) is 0 Å². The average Bonchev–Trinajstić information content (AvgIpc) is 2.16. The fraction of sp³-hybridized carbons (Fsp3) is 0.300. The van der Waals surface area contributed by atoms with Crippen molar-refractivity contribution in [3.63, 3.8) is 0 Å². The molecule has 0 unspecified atom stereocenters. The number of methoxy groups -OCH3 is 1. The van der Waals surface area contributed by atoms with E-state index in [4.69, 9.17) is 11.6 Å². The number of Topliss-reactive ketones (excluding diaryl/α,β-unsaturated/α-hetero) is 1. The Morgan fingerprint density at radius 3 is 2.50 bits per heavy atom. The van der Waals surface area contributed by atoms with Gasteiger partial charge in [-0.1, -0.05) is 11.6 Å². The molecule has 88 valence electrons. The molecular weight excluding hydrogens is 245 g/mol. The van der Waals surface area contributed by atoms with E-state index in [2.05, 4.69) is 4.74 Å². The maximum Gasteiger partial charge on any atom is 0.416 e. The molecule has 0 atom stereocenters. The van der Waals surface area contributed by atoms with Crippen molar-refractivity contribution in [2.24, 2.45) is 0 Å². The lowest BCUT2D eigenvalue weighted by molar-refractivity contribution is -0.137. The van der Waals surface area contributed by atoms with Crippen molar-refractivity contribution in [1.82, 2.24) is 0 Å². The molecule has 0 spiro atoms. The van der Waals surface area contributed by atoms with Crippen molar-refractivity contribution < 1.29 is 22.7 Å². The van der Waals surface area contributed by atoms with E-state index in [-0.39, 0.29) is 17.2 Å². The van der Waals surface area contributed by atoms with Gasteiger partial charge in [-0.2, -0.15) is 13.2 Å². The minimum absolute atomic E-state index is 0.0246. The highest BCUT2D eigenvalue weighted by Crippen LogP contribution is 2.32. The number of halogens is 4. The maximum atomic E-state index is 12.3. The van der Waals surface area contributed by atoms with Crippen LogP contribution in [0.2, 0.25) is 5.02 Å². The topological polar surface area (TPSA) is 26.3 Å². The summed E-state index contributed by atoms with van der Waals surface area (Å²) in [5.74, 6) is -0.457. The Kier molecular flexibility index (Phi) is 3.93. The van der Waals surface area contributed by atoms with Gasteiger partial charge in [0.2, 0.25) is 0 Å². The molecule has 0 N–H and O–H groups in total. The number of alkyl halides is 3. The molecular formula is C10H8ClF3O2. The first-order chi connectivity index (χ1) is 7.36. The fourth-order valence-electron chi connectivity index (χ4n) is 1.13. The van der Waals surface area contributed by atoms with Gasteiger partial charge in [-0.3, -0.25) is 4.79 Å². The highest BCUT2D eigenvalue weighted by Gasteiger charge is 2.31. The van der Waals surface area contributed by atoms with Crippen molar-refractivity contribution >= 4 is 17.4 Å². The van der Waals surface area contributed by atoms with Crippen LogP contribution in [0.5, 0.6) is 0 Å². The van der Waals surface area contributed by atoms with E-state index >= 15 is 0 Å². The Bertz CT molecular complexity index is 402. The monoisotopic (exact) mass is 252 g/mol. The van der Waals surface area contributed by atoms with E-state index in [9.17, 15) is 18.0 Å². The molecule has 0 aliphatic heterocycles. The quantitative estimate of drug-likeness (QED) is 0.773. The van der Waals surface area contributed by atoms with Gasteiger partial charge >= 0.3 is 6.18 Å². The van der Waals surface area contributed by atoms with Crippen LogP contribution in [0.1, 0.15) is 15.9 Å². The van der Waals surface area contributed by atoms with Gasteiger partial charge < -0.3 is 4.74 Å².